The number of fused-ring (bicyclic) bond motifs is 1. The summed E-state index contributed by atoms with van der Waals surface area (Å²) < 4.78 is 8.45. The molecular weight excluding hydrogens is 350 g/mol. The zero-order valence-electron chi connectivity index (χ0n) is 14.6. The molecule has 0 saturated carbocycles. The third-order valence-corrected chi connectivity index (χ3v) is 4.97. The summed E-state index contributed by atoms with van der Waals surface area (Å²) in [5.41, 5.74) is 4.20. The summed E-state index contributed by atoms with van der Waals surface area (Å²) in [5.74, 6) is 0.251. The Balaban J connectivity index is 1.60. The quantitative estimate of drug-likeness (QED) is 0.536. The van der Waals surface area contributed by atoms with Gasteiger partial charge in [-0.05, 0) is 36.4 Å². The van der Waals surface area contributed by atoms with Gasteiger partial charge in [-0.15, -0.1) is 5.10 Å². The number of rotatable bonds is 6. The van der Waals surface area contributed by atoms with Crippen LogP contribution in [0.15, 0.2) is 53.6 Å². The van der Waals surface area contributed by atoms with Crippen molar-refractivity contribution in [1.82, 2.24) is 9.99 Å². The Labute approximate surface area is 154 Å². The van der Waals surface area contributed by atoms with Gasteiger partial charge in [-0.3, -0.25) is 9.59 Å². The van der Waals surface area contributed by atoms with Gasteiger partial charge in [0, 0.05) is 19.0 Å². The summed E-state index contributed by atoms with van der Waals surface area (Å²) in [7, 11) is 1.90. The molecule has 134 valence electrons. The maximum Gasteiger partial charge on any atom is 0.278 e. The van der Waals surface area contributed by atoms with Crippen molar-refractivity contribution in [2.75, 3.05) is 6.61 Å². The number of amides is 1. The van der Waals surface area contributed by atoms with Crippen LogP contribution >= 0.6 is 11.3 Å². The number of ketones is 1. The lowest BCUT2D eigenvalue weighted by molar-refractivity contribution is -0.123. The molecule has 0 aliphatic carbocycles. The number of nitrogens with zero attached hydrogens (tertiary/aromatic N) is 2. The van der Waals surface area contributed by atoms with Gasteiger partial charge in [0.25, 0.3) is 5.91 Å². The number of ether oxygens (including phenoxy) is 1. The van der Waals surface area contributed by atoms with Crippen molar-refractivity contribution in [2.45, 2.75) is 13.3 Å². The fourth-order valence-corrected chi connectivity index (χ4v) is 3.40. The number of para-hydroxylation sites is 1. The van der Waals surface area contributed by atoms with Gasteiger partial charge in [-0.25, -0.2) is 5.43 Å². The van der Waals surface area contributed by atoms with E-state index in [1.54, 1.807) is 24.3 Å². The minimum atomic E-state index is -0.351. The van der Waals surface area contributed by atoms with Crippen LogP contribution in [0.4, 0.5) is 0 Å². The Bertz CT molecular complexity index is 1000. The van der Waals surface area contributed by atoms with Gasteiger partial charge in [0.15, 0.2) is 12.4 Å². The number of nitrogens with one attached hydrogen (secondary N) is 1. The standard InChI is InChI=1S/C19H19N3O3S/c1-3-16(23)13-8-10-14(11-9-13)25-12-18(24)20-21-19-22(2)15-6-4-5-7-17(15)26-19/h4-11H,3,12H2,1-2H3,(H,20,24)/b21-19-. The van der Waals surface area contributed by atoms with E-state index in [2.05, 4.69) is 10.5 Å². The van der Waals surface area contributed by atoms with Crippen LogP contribution in [0.2, 0.25) is 0 Å². The fourth-order valence-electron chi connectivity index (χ4n) is 2.42. The van der Waals surface area contributed by atoms with Crippen molar-refractivity contribution in [3.63, 3.8) is 0 Å². The van der Waals surface area contributed by atoms with E-state index in [1.807, 2.05) is 42.8 Å². The molecule has 0 unspecified atom stereocenters. The molecule has 1 aromatic heterocycles. The average Bonchev–Trinajstić information content (AvgIpc) is 3.00. The fraction of sp³-hybridized carbons (Fsp3) is 0.211. The molecule has 0 spiro atoms. The lowest BCUT2D eigenvalue weighted by Gasteiger charge is -2.05. The van der Waals surface area contributed by atoms with E-state index >= 15 is 0 Å². The highest BCUT2D eigenvalue weighted by atomic mass is 32.1. The first-order chi connectivity index (χ1) is 12.6. The predicted molar refractivity (Wildman–Crippen MR) is 101 cm³/mol. The van der Waals surface area contributed by atoms with Crippen LogP contribution in [-0.4, -0.2) is 22.9 Å². The van der Waals surface area contributed by atoms with E-state index < -0.39 is 0 Å². The Kier molecular flexibility index (Phi) is 5.48. The highest BCUT2D eigenvalue weighted by Gasteiger charge is 2.06. The molecule has 0 aliphatic rings. The van der Waals surface area contributed by atoms with Crippen molar-refractivity contribution in [2.24, 2.45) is 12.1 Å². The summed E-state index contributed by atoms with van der Waals surface area (Å²) >= 11 is 1.50. The van der Waals surface area contributed by atoms with Gasteiger partial charge in [0.1, 0.15) is 5.75 Å². The number of thiazole rings is 1. The van der Waals surface area contributed by atoms with E-state index in [-0.39, 0.29) is 18.3 Å². The molecule has 0 fully saturated rings. The van der Waals surface area contributed by atoms with Crippen LogP contribution < -0.4 is 15.0 Å². The Morgan fingerprint density at radius 1 is 1.15 bits per heavy atom. The Morgan fingerprint density at radius 3 is 2.58 bits per heavy atom. The number of aromatic nitrogens is 1. The van der Waals surface area contributed by atoms with E-state index in [0.29, 0.717) is 22.5 Å². The molecule has 0 saturated heterocycles. The van der Waals surface area contributed by atoms with E-state index in [1.165, 1.54) is 11.3 Å². The molecule has 26 heavy (non-hydrogen) atoms. The van der Waals surface area contributed by atoms with Crippen molar-refractivity contribution in [1.29, 1.82) is 0 Å². The van der Waals surface area contributed by atoms with Crippen LogP contribution in [0.3, 0.4) is 0 Å². The number of aryl methyl sites for hydroxylation is 1. The van der Waals surface area contributed by atoms with Gasteiger partial charge in [-0.2, -0.15) is 0 Å². The Hall–Kier alpha value is -2.93. The minimum absolute atomic E-state index is 0.0734. The lowest BCUT2D eigenvalue weighted by atomic mass is 10.1. The summed E-state index contributed by atoms with van der Waals surface area (Å²) in [4.78, 5) is 24.2. The van der Waals surface area contributed by atoms with Gasteiger partial charge in [0.05, 0.1) is 10.2 Å². The monoisotopic (exact) mass is 369 g/mol. The predicted octanol–water partition coefficient (Wildman–Crippen LogP) is 2.84. The third-order valence-electron chi connectivity index (χ3n) is 3.86. The molecule has 3 aromatic rings. The second-order valence-electron chi connectivity index (χ2n) is 5.65. The average molecular weight is 369 g/mol. The number of benzene rings is 2. The van der Waals surface area contributed by atoms with Crippen LogP contribution in [-0.2, 0) is 11.8 Å². The zero-order chi connectivity index (χ0) is 18.5. The number of hydrogen-bond acceptors (Lipinski definition) is 5. The summed E-state index contributed by atoms with van der Waals surface area (Å²) in [6.07, 6.45) is 0.458. The topological polar surface area (TPSA) is 72.7 Å². The maximum absolute atomic E-state index is 11.9. The lowest BCUT2D eigenvalue weighted by Crippen LogP contribution is -2.27. The normalized spacial score (nSPS) is 11.5. The number of hydrogen-bond donors (Lipinski definition) is 1. The molecule has 7 heteroatoms. The molecule has 3 rings (SSSR count). The summed E-state index contributed by atoms with van der Waals surface area (Å²) in [5, 5.41) is 4.16. The first-order valence-electron chi connectivity index (χ1n) is 8.21. The largest absolute Gasteiger partial charge is 0.484 e. The second-order valence-corrected chi connectivity index (χ2v) is 6.66. The van der Waals surface area contributed by atoms with Crippen molar-refractivity contribution >= 4 is 33.2 Å². The maximum atomic E-state index is 11.9. The summed E-state index contributed by atoms with van der Waals surface area (Å²) in [6.45, 7) is 1.66. The molecule has 1 amide bonds. The Morgan fingerprint density at radius 2 is 1.88 bits per heavy atom. The SMILES string of the molecule is CCC(=O)c1ccc(OCC(=O)N/N=c2\sc3ccccc3n2C)cc1. The second kappa shape index (κ2) is 7.97. The molecule has 0 atom stereocenters. The van der Waals surface area contributed by atoms with E-state index in [4.69, 9.17) is 4.74 Å². The zero-order valence-corrected chi connectivity index (χ0v) is 15.4. The molecule has 6 nitrogen and oxygen atoms in total. The van der Waals surface area contributed by atoms with Gasteiger partial charge in [-0.1, -0.05) is 30.4 Å². The first-order valence-corrected chi connectivity index (χ1v) is 9.03. The van der Waals surface area contributed by atoms with Crippen molar-refractivity contribution in [3.8, 4) is 5.75 Å². The highest BCUT2D eigenvalue weighted by Crippen LogP contribution is 2.15. The van der Waals surface area contributed by atoms with E-state index in [9.17, 15) is 9.59 Å². The van der Waals surface area contributed by atoms with Gasteiger partial charge in [0.2, 0.25) is 4.80 Å². The molecular formula is C19H19N3O3S. The number of carbonyl (C=O) groups excluding carboxylic acids is 2. The molecule has 1 heterocycles. The summed E-state index contributed by atoms with van der Waals surface area (Å²) in [6, 6.07) is 14.7. The molecule has 0 radical (unpaired) electrons. The molecule has 0 bridgehead atoms. The van der Waals surface area contributed by atoms with Crippen LogP contribution in [0.1, 0.15) is 23.7 Å². The van der Waals surface area contributed by atoms with Gasteiger partial charge < -0.3 is 9.30 Å². The molecule has 2 aromatic carbocycles. The van der Waals surface area contributed by atoms with Crippen LogP contribution in [0, 0.1) is 0 Å². The van der Waals surface area contributed by atoms with Crippen LogP contribution in [0.5, 0.6) is 5.75 Å². The number of carbonyl (C=O) groups is 2. The number of Topliss-reactive ketones (excluding diaryl/α,β-unsaturated/α-hetero) is 1. The van der Waals surface area contributed by atoms with Crippen molar-refractivity contribution in [3.05, 3.63) is 58.9 Å². The van der Waals surface area contributed by atoms with Crippen LogP contribution in [0.25, 0.3) is 10.2 Å². The van der Waals surface area contributed by atoms with E-state index in [0.717, 1.165) is 10.2 Å². The van der Waals surface area contributed by atoms with Gasteiger partial charge >= 0.3 is 0 Å². The molecule has 0 aliphatic heterocycles. The van der Waals surface area contributed by atoms with Crippen molar-refractivity contribution < 1.29 is 14.3 Å². The first kappa shape index (κ1) is 17.9. The molecule has 1 N–H and O–H groups in total. The third kappa shape index (κ3) is 4.00. The highest BCUT2D eigenvalue weighted by molar-refractivity contribution is 7.16. The smallest absolute Gasteiger partial charge is 0.278 e. The minimum Gasteiger partial charge on any atom is -0.484 e.